The van der Waals surface area contributed by atoms with Crippen LogP contribution in [0.5, 0.6) is 0 Å². The number of carbonyl (C=O) groups is 3. The van der Waals surface area contributed by atoms with E-state index >= 15 is 0 Å². The van der Waals surface area contributed by atoms with E-state index in [9.17, 15) is 18.8 Å². The summed E-state index contributed by atoms with van der Waals surface area (Å²) in [6.45, 7) is 0.668. The van der Waals surface area contributed by atoms with Crippen LogP contribution in [-0.4, -0.2) is 59.4 Å². The first-order valence-corrected chi connectivity index (χ1v) is 7.86. The van der Waals surface area contributed by atoms with Crippen molar-refractivity contribution in [2.24, 2.45) is 5.92 Å². The van der Waals surface area contributed by atoms with Crippen LogP contribution in [0.4, 0.5) is 4.39 Å². The molecule has 1 aromatic rings. The van der Waals surface area contributed by atoms with Crippen molar-refractivity contribution >= 4 is 17.8 Å². The summed E-state index contributed by atoms with van der Waals surface area (Å²) in [5.41, 5.74) is 0.295. The lowest BCUT2D eigenvalue weighted by atomic mass is 9.97. The first kappa shape index (κ1) is 17.9. The van der Waals surface area contributed by atoms with Crippen molar-refractivity contribution in [2.45, 2.75) is 19.3 Å². The molecular weight excluding hydrogens is 315 g/mol. The van der Waals surface area contributed by atoms with E-state index in [0.29, 0.717) is 31.5 Å². The number of carboxylic acids is 1. The van der Waals surface area contributed by atoms with Gasteiger partial charge in [0.25, 0.3) is 0 Å². The lowest BCUT2D eigenvalue weighted by Gasteiger charge is -2.31. The van der Waals surface area contributed by atoms with Crippen molar-refractivity contribution in [3.63, 3.8) is 0 Å². The van der Waals surface area contributed by atoms with Crippen LogP contribution in [-0.2, 0) is 20.8 Å². The number of hydrogen-bond acceptors (Lipinski definition) is 3. The lowest BCUT2D eigenvalue weighted by Crippen LogP contribution is -2.45. The molecule has 0 radical (unpaired) electrons. The van der Waals surface area contributed by atoms with Gasteiger partial charge < -0.3 is 14.9 Å². The van der Waals surface area contributed by atoms with E-state index in [0.717, 1.165) is 0 Å². The molecule has 0 spiro atoms. The van der Waals surface area contributed by atoms with Gasteiger partial charge in [-0.2, -0.15) is 0 Å². The molecule has 1 heterocycles. The molecule has 7 heteroatoms. The first-order chi connectivity index (χ1) is 11.4. The van der Waals surface area contributed by atoms with Crippen LogP contribution in [0.2, 0.25) is 0 Å². The summed E-state index contributed by atoms with van der Waals surface area (Å²) >= 11 is 0. The summed E-state index contributed by atoms with van der Waals surface area (Å²) in [5, 5.41) is 8.96. The Morgan fingerprint density at radius 1 is 1.25 bits per heavy atom. The van der Waals surface area contributed by atoms with Crippen LogP contribution in [0.1, 0.15) is 18.4 Å². The maximum absolute atomic E-state index is 13.6. The number of nitrogens with zero attached hydrogens (tertiary/aromatic N) is 2. The Kier molecular flexibility index (Phi) is 5.89. The summed E-state index contributed by atoms with van der Waals surface area (Å²) in [6, 6.07) is 6.04. The second-order valence-electron chi connectivity index (χ2n) is 6.01. The molecule has 2 rings (SSSR count). The fraction of sp³-hybridized carbons (Fsp3) is 0.471. The number of carbonyl (C=O) groups excluding carboxylic acids is 2. The van der Waals surface area contributed by atoms with E-state index < -0.39 is 17.7 Å². The van der Waals surface area contributed by atoms with E-state index in [1.54, 1.807) is 23.1 Å². The van der Waals surface area contributed by atoms with Crippen molar-refractivity contribution < 1.29 is 23.9 Å². The Morgan fingerprint density at radius 3 is 2.46 bits per heavy atom. The average molecular weight is 336 g/mol. The van der Waals surface area contributed by atoms with Gasteiger partial charge in [-0.3, -0.25) is 14.4 Å². The largest absolute Gasteiger partial charge is 0.481 e. The highest BCUT2D eigenvalue weighted by molar-refractivity contribution is 5.86. The molecule has 1 aliphatic heterocycles. The fourth-order valence-electron chi connectivity index (χ4n) is 2.71. The molecule has 0 unspecified atom stereocenters. The summed E-state index contributed by atoms with van der Waals surface area (Å²) in [6.07, 6.45) is 0.749. The number of likely N-dealkylation sites (tertiary alicyclic amines) is 1. The lowest BCUT2D eigenvalue weighted by molar-refractivity contribution is -0.146. The van der Waals surface area contributed by atoms with E-state index in [2.05, 4.69) is 0 Å². The standard InChI is InChI=1S/C17H21FN2O4/c1-19(15(21)10-13-4-2-3-5-14(13)18)11-16(22)20-8-6-12(7-9-20)17(23)24/h2-5,12H,6-11H2,1H3,(H,23,24). The van der Waals surface area contributed by atoms with Gasteiger partial charge in [-0.05, 0) is 24.5 Å². The van der Waals surface area contributed by atoms with Crippen LogP contribution in [0.15, 0.2) is 24.3 Å². The highest BCUT2D eigenvalue weighted by Crippen LogP contribution is 2.17. The van der Waals surface area contributed by atoms with Crippen LogP contribution < -0.4 is 0 Å². The van der Waals surface area contributed by atoms with Gasteiger partial charge in [0, 0.05) is 20.1 Å². The number of likely N-dealkylation sites (N-methyl/N-ethyl adjacent to an activating group) is 1. The molecule has 0 aliphatic carbocycles. The Morgan fingerprint density at radius 2 is 1.88 bits per heavy atom. The number of carboxylic acid groups (broad SMARTS) is 1. The van der Waals surface area contributed by atoms with Crippen LogP contribution in [0.25, 0.3) is 0 Å². The maximum Gasteiger partial charge on any atom is 0.306 e. The molecule has 1 N–H and O–H groups in total. The third-order valence-corrected chi connectivity index (χ3v) is 4.29. The smallest absolute Gasteiger partial charge is 0.306 e. The molecule has 24 heavy (non-hydrogen) atoms. The highest BCUT2D eigenvalue weighted by Gasteiger charge is 2.27. The molecule has 6 nitrogen and oxygen atoms in total. The number of amides is 2. The fourth-order valence-corrected chi connectivity index (χ4v) is 2.71. The normalized spacial score (nSPS) is 15.2. The summed E-state index contributed by atoms with van der Waals surface area (Å²) < 4.78 is 13.6. The monoisotopic (exact) mass is 336 g/mol. The molecule has 1 aliphatic rings. The van der Waals surface area contributed by atoms with Gasteiger partial charge in [0.15, 0.2) is 0 Å². The van der Waals surface area contributed by atoms with Gasteiger partial charge in [-0.25, -0.2) is 4.39 Å². The molecule has 1 saturated heterocycles. The zero-order chi connectivity index (χ0) is 17.7. The van der Waals surface area contributed by atoms with Gasteiger partial charge >= 0.3 is 5.97 Å². The van der Waals surface area contributed by atoms with Crippen LogP contribution >= 0.6 is 0 Å². The predicted molar refractivity (Wildman–Crippen MR) is 84.7 cm³/mol. The number of rotatable bonds is 5. The highest BCUT2D eigenvalue weighted by atomic mass is 19.1. The third-order valence-electron chi connectivity index (χ3n) is 4.29. The minimum atomic E-state index is -0.834. The topological polar surface area (TPSA) is 77.9 Å². The van der Waals surface area contributed by atoms with E-state index in [4.69, 9.17) is 5.11 Å². The molecule has 0 aromatic heterocycles. The SMILES string of the molecule is CN(CC(=O)N1CCC(C(=O)O)CC1)C(=O)Cc1ccccc1F. The van der Waals surface area contributed by atoms with Crippen molar-refractivity contribution in [3.05, 3.63) is 35.6 Å². The summed E-state index contributed by atoms with van der Waals surface area (Å²) in [5.74, 6) is -2.24. The molecule has 0 bridgehead atoms. The number of aliphatic carboxylic acids is 1. The van der Waals surface area contributed by atoms with Gasteiger partial charge in [-0.15, -0.1) is 0 Å². The van der Waals surface area contributed by atoms with Crippen molar-refractivity contribution in [2.75, 3.05) is 26.7 Å². The van der Waals surface area contributed by atoms with Crippen LogP contribution in [0, 0.1) is 11.7 Å². The second-order valence-corrected chi connectivity index (χ2v) is 6.01. The van der Waals surface area contributed by atoms with Gasteiger partial charge in [0.05, 0.1) is 18.9 Å². The molecular formula is C17H21FN2O4. The number of halogens is 1. The Balaban J connectivity index is 1.84. The summed E-state index contributed by atoms with van der Waals surface area (Å²) in [7, 11) is 1.51. The Bertz CT molecular complexity index is 627. The van der Waals surface area contributed by atoms with Gasteiger partial charge in [0.1, 0.15) is 5.82 Å². The van der Waals surface area contributed by atoms with Crippen molar-refractivity contribution in [3.8, 4) is 0 Å². The third kappa shape index (κ3) is 4.53. The van der Waals surface area contributed by atoms with Gasteiger partial charge in [-0.1, -0.05) is 18.2 Å². The number of benzene rings is 1. The number of piperidine rings is 1. The second kappa shape index (κ2) is 7.90. The van der Waals surface area contributed by atoms with Crippen molar-refractivity contribution in [1.29, 1.82) is 0 Å². The van der Waals surface area contributed by atoms with E-state index in [1.807, 2.05) is 0 Å². The summed E-state index contributed by atoms with van der Waals surface area (Å²) in [4.78, 5) is 38.1. The molecule has 2 amide bonds. The molecule has 1 aromatic carbocycles. The van der Waals surface area contributed by atoms with Gasteiger partial charge in [0.2, 0.25) is 11.8 Å². The number of hydrogen-bond donors (Lipinski definition) is 1. The molecule has 130 valence electrons. The first-order valence-electron chi connectivity index (χ1n) is 7.86. The molecule has 0 atom stereocenters. The molecule has 1 fully saturated rings. The minimum Gasteiger partial charge on any atom is -0.481 e. The quantitative estimate of drug-likeness (QED) is 0.875. The molecule has 0 saturated carbocycles. The zero-order valence-electron chi connectivity index (χ0n) is 13.6. The average Bonchev–Trinajstić information content (AvgIpc) is 2.56. The van der Waals surface area contributed by atoms with E-state index in [-0.39, 0.29) is 24.8 Å². The van der Waals surface area contributed by atoms with Crippen LogP contribution in [0.3, 0.4) is 0 Å². The Labute approximate surface area is 139 Å². The predicted octanol–water partition coefficient (Wildman–Crippen LogP) is 1.15. The maximum atomic E-state index is 13.6. The zero-order valence-corrected chi connectivity index (χ0v) is 13.6. The Hall–Kier alpha value is -2.44. The van der Waals surface area contributed by atoms with E-state index in [1.165, 1.54) is 18.0 Å². The minimum absolute atomic E-state index is 0.0922. The van der Waals surface area contributed by atoms with Crippen molar-refractivity contribution in [1.82, 2.24) is 9.80 Å².